The van der Waals surface area contributed by atoms with Crippen molar-refractivity contribution in [2.24, 2.45) is 5.10 Å². The monoisotopic (exact) mass is 473 g/mol. The Balaban J connectivity index is 1.40. The van der Waals surface area contributed by atoms with Gasteiger partial charge in [0.25, 0.3) is 0 Å². The van der Waals surface area contributed by atoms with E-state index in [0.717, 1.165) is 27.5 Å². The lowest BCUT2D eigenvalue weighted by molar-refractivity contribution is -0.118. The molecule has 0 saturated carbocycles. The second-order valence-corrected chi connectivity index (χ2v) is 9.10. The Hall–Kier alpha value is -3.28. The molecule has 0 atom stereocenters. The van der Waals surface area contributed by atoms with Crippen LogP contribution in [-0.2, 0) is 4.79 Å². The molecule has 0 aliphatic carbocycles. The van der Waals surface area contributed by atoms with Crippen LogP contribution in [0.4, 0.5) is 0 Å². The van der Waals surface area contributed by atoms with Crippen LogP contribution in [0.1, 0.15) is 17.0 Å². The van der Waals surface area contributed by atoms with Gasteiger partial charge in [0.15, 0.2) is 0 Å². The molecule has 4 rings (SSSR count). The van der Waals surface area contributed by atoms with Gasteiger partial charge < -0.3 is 4.57 Å². The predicted octanol–water partition coefficient (Wildman–Crippen LogP) is 6.66. The van der Waals surface area contributed by atoms with Crippen molar-refractivity contribution in [2.75, 3.05) is 5.75 Å². The van der Waals surface area contributed by atoms with Gasteiger partial charge in [-0.1, -0.05) is 54.1 Å². The van der Waals surface area contributed by atoms with E-state index >= 15 is 0 Å². The standard InChI is InChI=1S/C27H24ClN3OS/c1-19-16-23(17-29-30-27(32)18-33-26-14-10-24(28)11-15-26)20(2)31(19)25-12-8-22(9-13-25)21-6-4-3-5-7-21/h3-17H,18H2,1-2H3,(H,30,32)/b29-17+. The topological polar surface area (TPSA) is 46.4 Å². The number of hydrogen-bond donors (Lipinski definition) is 1. The third-order valence-electron chi connectivity index (χ3n) is 5.28. The minimum atomic E-state index is -0.156. The predicted molar refractivity (Wildman–Crippen MR) is 139 cm³/mol. The molecular formula is C27H24ClN3OS. The number of carbonyl (C=O) groups is 1. The van der Waals surface area contributed by atoms with Crippen LogP contribution in [0.25, 0.3) is 16.8 Å². The lowest BCUT2D eigenvalue weighted by Gasteiger charge is -2.11. The fourth-order valence-electron chi connectivity index (χ4n) is 3.63. The Bertz CT molecular complexity index is 1260. The second-order valence-electron chi connectivity index (χ2n) is 7.61. The van der Waals surface area contributed by atoms with Gasteiger partial charge in [-0.15, -0.1) is 11.8 Å². The van der Waals surface area contributed by atoms with Crippen LogP contribution in [-0.4, -0.2) is 22.4 Å². The summed E-state index contributed by atoms with van der Waals surface area (Å²) in [6, 6.07) is 28.3. The highest BCUT2D eigenvalue weighted by molar-refractivity contribution is 8.00. The zero-order chi connectivity index (χ0) is 23.2. The maximum Gasteiger partial charge on any atom is 0.250 e. The molecule has 0 spiro atoms. The summed E-state index contributed by atoms with van der Waals surface area (Å²) >= 11 is 7.33. The highest BCUT2D eigenvalue weighted by atomic mass is 35.5. The molecule has 1 aromatic heterocycles. The first-order chi connectivity index (χ1) is 16.0. The van der Waals surface area contributed by atoms with Gasteiger partial charge in [-0.25, -0.2) is 5.43 Å². The van der Waals surface area contributed by atoms with Gasteiger partial charge >= 0.3 is 0 Å². The van der Waals surface area contributed by atoms with Crippen LogP contribution >= 0.6 is 23.4 Å². The Kier molecular flexibility index (Phi) is 7.33. The van der Waals surface area contributed by atoms with Crippen molar-refractivity contribution >= 4 is 35.5 Å². The smallest absolute Gasteiger partial charge is 0.250 e. The summed E-state index contributed by atoms with van der Waals surface area (Å²) in [6.45, 7) is 4.12. The van der Waals surface area contributed by atoms with Gasteiger partial charge in [0.1, 0.15) is 0 Å². The van der Waals surface area contributed by atoms with Crippen LogP contribution in [0.15, 0.2) is 94.9 Å². The first-order valence-electron chi connectivity index (χ1n) is 10.6. The van der Waals surface area contributed by atoms with E-state index in [1.54, 1.807) is 6.21 Å². The third-order valence-corrected chi connectivity index (χ3v) is 6.54. The van der Waals surface area contributed by atoms with Gasteiger partial charge in [0.2, 0.25) is 5.91 Å². The number of hydrogen-bond acceptors (Lipinski definition) is 3. The van der Waals surface area contributed by atoms with E-state index in [-0.39, 0.29) is 11.7 Å². The highest BCUT2D eigenvalue weighted by Gasteiger charge is 2.10. The van der Waals surface area contributed by atoms with Crippen LogP contribution in [0.5, 0.6) is 0 Å². The number of nitrogens with zero attached hydrogens (tertiary/aromatic N) is 2. The summed E-state index contributed by atoms with van der Waals surface area (Å²) < 4.78 is 2.19. The molecule has 0 fully saturated rings. The van der Waals surface area contributed by atoms with Crippen molar-refractivity contribution in [3.05, 3.63) is 107 Å². The molecule has 6 heteroatoms. The number of thioether (sulfide) groups is 1. The summed E-state index contributed by atoms with van der Waals surface area (Å²) in [7, 11) is 0. The van der Waals surface area contributed by atoms with Crippen molar-refractivity contribution in [1.29, 1.82) is 0 Å². The van der Waals surface area contributed by atoms with Crippen molar-refractivity contribution in [3.63, 3.8) is 0 Å². The summed E-state index contributed by atoms with van der Waals surface area (Å²) in [5.41, 5.74) is 9.21. The summed E-state index contributed by atoms with van der Waals surface area (Å²) in [5, 5.41) is 4.84. The van der Waals surface area contributed by atoms with Crippen molar-refractivity contribution < 1.29 is 4.79 Å². The molecule has 0 saturated heterocycles. The average Bonchev–Trinajstić information content (AvgIpc) is 3.12. The number of carbonyl (C=O) groups excluding carboxylic acids is 1. The first-order valence-corrected chi connectivity index (χ1v) is 11.9. The van der Waals surface area contributed by atoms with Crippen LogP contribution in [0.2, 0.25) is 5.02 Å². The number of amides is 1. The number of rotatable bonds is 7. The lowest BCUT2D eigenvalue weighted by atomic mass is 10.1. The van der Waals surface area contributed by atoms with Crippen molar-refractivity contribution in [1.82, 2.24) is 9.99 Å². The fourth-order valence-corrected chi connectivity index (χ4v) is 4.45. The van der Waals surface area contributed by atoms with E-state index in [9.17, 15) is 4.79 Å². The first kappa shape index (κ1) is 22.9. The molecule has 0 aliphatic heterocycles. The van der Waals surface area contributed by atoms with E-state index in [1.807, 2.05) is 42.5 Å². The fraction of sp³-hybridized carbons (Fsp3) is 0.111. The summed E-state index contributed by atoms with van der Waals surface area (Å²) in [6.07, 6.45) is 1.70. The molecule has 0 radical (unpaired) electrons. The molecule has 1 heterocycles. The largest absolute Gasteiger partial charge is 0.318 e. The van der Waals surface area contributed by atoms with Gasteiger partial charge in [0.05, 0.1) is 12.0 Å². The molecule has 0 bridgehead atoms. The average molecular weight is 474 g/mol. The Morgan fingerprint density at radius 1 is 0.970 bits per heavy atom. The van der Waals surface area contributed by atoms with E-state index < -0.39 is 0 Å². The molecule has 4 nitrogen and oxygen atoms in total. The van der Waals surface area contributed by atoms with E-state index in [1.165, 1.54) is 22.9 Å². The summed E-state index contributed by atoms with van der Waals surface area (Å²) in [5.74, 6) is 0.127. The molecule has 3 aromatic carbocycles. The second kappa shape index (κ2) is 10.6. The summed E-state index contributed by atoms with van der Waals surface area (Å²) in [4.78, 5) is 13.1. The number of nitrogens with one attached hydrogen (secondary N) is 1. The number of hydrazone groups is 1. The minimum absolute atomic E-state index is 0.156. The number of benzene rings is 3. The van der Waals surface area contributed by atoms with E-state index in [0.29, 0.717) is 5.02 Å². The van der Waals surface area contributed by atoms with E-state index in [2.05, 4.69) is 71.4 Å². The number of halogens is 1. The van der Waals surface area contributed by atoms with Gasteiger partial charge in [0, 0.05) is 32.6 Å². The third kappa shape index (κ3) is 5.75. The van der Waals surface area contributed by atoms with Gasteiger partial charge in [-0.3, -0.25) is 4.79 Å². The molecule has 0 unspecified atom stereocenters. The zero-order valence-electron chi connectivity index (χ0n) is 18.5. The highest BCUT2D eigenvalue weighted by Crippen LogP contribution is 2.24. The van der Waals surface area contributed by atoms with Crippen LogP contribution in [0, 0.1) is 13.8 Å². The minimum Gasteiger partial charge on any atom is -0.318 e. The van der Waals surface area contributed by atoms with E-state index in [4.69, 9.17) is 11.6 Å². The molecule has 0 aliphatic rings. The number of aryl methyl sites for hydroxylation is 1. The molecule has 4 aromatic rings. The van der Waals surface area contributed by atoms with Crippen LogP contribution in [0.3, 0.4) is 0 Å². The molecular weight excluding hydrogens is 450 g/mol. The molecule has 1 amide bonds. The Labute approximate surface area is 203 Å². The maximum absolute atomic E-state index is 12.1. The van der Waals surface area contributed by atoms with Crippen molar-refractivity contribution in [2.45, 2.75) is 18.7 Å². The normalized spacial score (nSPS) is 11.1. The maximum atomic E-state index is 12.1. The van der Waals surface area contributed by atoms with Gasteiger partial charge in [-0.05, 0) is 67.4 Å². The van der Waals surface area contributed by atoms with Crippen LogP contribution < -0.4 is 5.43 Å². The zero-order valence-corrected chi connectivity index (χ0v) is 20.0. The SMILES string of the molecule is Cc1cc(/C=N/NC(=O)CSc2ccc(Cl)cc2)c(C)n1-c1ccc(-c2ccccc2)cc1. The Morgan fingerprint density at radius 2 is 1.64 bits per heavy atom. The van der Waals surface area contributed by atoms with Crippen molar-refractivity contribution in [3.8, 4) is 16.8 Å². The number of aromatic nitrogens is 1. The van der Waals surface area contributed by atoms with Gasteiger partial charge in [-0.2, -0.15) is 5.10 Å². The molecule has 1 N–H and O–H groups in total. The quantitative estimate of drug-likeness (QED) is 0.185. The molecule has 33 heavy (non-hydrogen) atoms. The Morgan fingerprint density at radius 3 is 2.33 bits per heavy atom. The molecule has 166 valence electrons. The lowest BCUT2D eigenvalue weighted by Crippen LogP contribution is -2.19.